The molecule has 1 aromatic carbocycles. The maximum Gasteiger partial charge on any atom is 0.431 e. The Bertz CT molecular complexity index is 1430. The van der Waals surface area contributed by atoms with Gasteiger partial charge in [-0.25, -0.2) is 23.3 Å². The van der Waals surface area contributed by atoms with Gasteiger partial charge in [0.25, 0.3) is 0 Å². The van der Waals surface area contributed by atoms with E-state index >= 15 is 0 Å². The molecule has 6 aliphatic rings. The minimum absolute atomic E-state index is 0.0623. The number of hydrogen-bond acceptors (Lipinski definition) is 9. The third-order valence-electron chi connectivity index (χ3n) is 10.2. The summed E-state index contributed by atoms with van der Waals surface area (Å²) in [5.41, 5.74) is 2.15. The van der Waals surface area contributed by atoms with Gasteiger partial charge in [-0.3, -0.25) is 0 Å². The van der Waals surface area contributed by atoms with Gasteiger partial charge in [-0.1, -0.05) is 19.1 Å². The van der Waals surface area contributed by atoms with Gasteiger partial charge < -0.3 is 25.1 Å². The van der Waals surface area contributed by atoms with E-state index in [1.165, 1.54) is 0 Å². The van der Waals surface area contributed by atoms with Crippen molar-refractivity contribution in [1.82, 2.24) is 14.6 Å². The molecule has 12 heteroatoms. The Balaban J connectivity index is 0.990. The molecular formula is C31H42N6O5S. The number of piperazine rings is 1. The van der Waals surface area contributed by atoms with Crippen molar-refractivity contribution in [2.45, 2.75) is 57.1 Å². The predicted molar refractivity (Wildman–Crippen MR) is 165 cm³/mol. The van der Waals surface area contributed by atoms with E-state index in [1.807, 2.05) is 49.5 Å². The third kappa shape index (κ3) is 5.53. The maximum atomic E-state index is 13.1. The summed E-state index contributed by atoms with van der Waals surface area (Å²) in [7, 11) is -3.18. The van der Waals surface area contributed by atoms with Crippen molar-refractivity contribution in [2.24, 2.45) is 17.8 Å². The number of aliphatic hydroxyl groups is 1. The second-order valence-electron chi connectivity index (χ2n) is 13.1. The van der Waals surface area contributed by atoms with Crippen LogP contribution in [0.15, 0.2) is 42.6 Å². The van der Waals surface area contributed by atoms with Crippen molar-refractivity contribution in [1.29, 1.82) is 0 Å². The van der Waals surface area contributed by atoms with Gasteiger partial charge in [-0.05, 0) is 80.5 Å². The van der Waals surface area contributed by atoms with E-state index in [4.69, 9.17) is 9.82 Å². The molecule has 43 heavy (non-hydrogen) atoms. The fraction of sp³-hybridized carbons (Fsp3) is 0.613. The van der Waals surface area contributed by atoms with Gasteiger partial charge in [-0.2, -0.15) is 4.31 Å². The number of anilines is 4. The van der Waals surface area contributed by atoms with E-state index in [1.54, 1.807) is 9.37 Å². The van der Waals surface area contributed by atoms with E-state index in [0.717, 1.165) is 55.0 Å². The van der Waals surface area contributed by atoms with Crippen LogP contribution in [0.4, 0.5) is 27.7 Å². The molecule has 1 aromatic heterocycles. The first kappa shape index (κ1) is 28.7. The second kappa shape index (κ2) is 11.1. The second-order valence-corrected chi connectivity index (χ2v) is 15.2. The molecule has 5 atom stereocenters. The molecule has 232 valence electrons. The fourth-order valence-electron chi connectivity index (χ4n) is 8.48. The molecule has 2 aromatic rings. The fourth-order valence-corrected chi connectivity index (χ4v) is 9.98. The summed E-state index contributed by atoms with van der Waals surface area (Å²) in [5.74, 6) is 2.22. The number of nitrogens with one attached hydrogen (secondary N) is 1. The zero-order chi connectivity index (χ0) is 29.8. The summed E-state index contributed by atoms with van der Waals surface area (Å²) < 4.78 is 26.5. The van der Waals surface area contributed by atoms with Crippen molar-refractivity contribution < 1.29 is 23.2 Å². The number of sulfonamides is 1. The topological polar surface area (TPSA) is 119 Å². The molecule has 11 nitrogen and oxygen atoms in total. The molecule has 0 spiro atoms. The van der Waals surface area contributed by atoms with Crippen LogP contribution >= 0.6 is 0 Å². The van der Waals surface area contributed by atoms with Crippen molar-refractivity contribution in [3.05, 3.63) is 42.6 Å². The molecule has 2 N–H and O–H groups in total. The quantitative estimate of drug-likeness (QED) is 0.486. The molecule has 5 fully saturated rings. The molecule has 4 saturated carbocycles. The van der Waals surface area contributed by atoms with E-state index in [9.17, 15) is 18.3 Å². The monoisotopic (exact) mass is 610 g/mol. The molecule has 1 saturated heterocycles. The third-order valence-corrected chi connectivity index (χ3v) is 12.2. The normalized spacial score (nSPS) is 30.3. The first-order chi connectivity index (χ1) is 20.7. The number of pyridine rings is 1. The number of amides is 1. The smallest absolute Gasteiger partial charge is 0.390 e. The van der Waals surface area contributed by atoms with E-state index in [0.29, 0.717) is 63.4 Å². The Hall–Kier alpha value is -3.09. The van der Waals surface area contributed by atoms with Gasteiger partial charge in [-0.15, -0.1) is 0 Å². The Morgan fingerprint density at radius 3 is 2.37 bits per heavy atom. The summed E-state index contributed by atoms with van der Waals surface area (Å²) in [6, 6.07) is 12.0. The van der Waals surface area contributed by atoms with Crippen LogP contribution in [0.3, 0.4) is 0 Å². The van der Waals surface area contributed by atoms with Crippen molar-refractivity contribution in [3.63, 3.8) is 0 Å². The van der Waals surface area contributed by atoms with Crippen LogP contribution in [0.2, 0.25) is 0 Å². The molecule has 8 rings (SSSR count). The Morgan fingerprint density at radius 2 is 1.72 bits per heavy atom. The van der Waals surface area contributed by atoms with E-state index in [2.05, 4.69) is 15.1 Å². The van der Waals surface area contributed by atoms with E-state index in [-0.39, 0.29) is 11.8 Å². The summed E-state index contributed by atoms with van der Waals surface area (Å²) in [6.45, 7) is 5.20. The zero-order valence-corrected chi connectivity index (χ0v) is 25.6. The number of benzene rings is 1. The van der Waals surface area contributed by atoms with Gasteiger partial charge in [0.2, 0.25) is 10.0 Å². The van der Waals surface area contributed by atoms with Crippen LogP contribution in [-0.2, 0) is 14.9 Å². The number of para-hydroxylation sites is 2. The van der Waals surface area contributed by atoms with Crippen LogP contribution in [-0.4, -0.2) is 85.6 Å². The Labute approximate surface area is 253 Å². The van der Waals surface area contributed by atoms with Gasteiger partial charge in [0.05, 0.1) is 41.2 Å². The number of fused-ring (bicyclic) bond motifs is 1. The average molecular weight is 611 g/mol. The lowest BCUT2D eigenvalue weighted by atomic mass is 9.52. The number of aromatic nitrogens is 1. The number of rotatable bonds is 7. The van der Waals surface area contributed by atoms with Crippen molar-refractivity contribution in [2.75, 3.05) is 59.9 Å². The van der Waals surface area contributed by atoms with Gasteiger partial charge in [0.15, 0.2) is 0 Å². The van der Waals surface area contributed by atoms with Gasteiger partial charge in [0.1, 0.15) is 5.82 Å². The summed E-state index contributed by atoms with van der Waals surface area (Å²) in [5, 5.41) is 15.7. The van der Waals surface area contributed by atoms with Crippen LogP contribution < -0.4 is 20.2 Å². The highest BCUT2D eigenvalue weighted by Crippen LogP contribution is 2.55. The lowest BCUT2D eigenvalue weighted by molar-refractivity contribution is -0.137. The van der Waals surface area contributed by atoms with Gasteiger partial charge >= 0.3 is 6.09 Å². The number of carbonyl (C=O) groups is 1. The minimum Gasteiger partial charge on any atom is -0.390 e. The SMILES string of the molecule is CCCS(=O)(=O)N1CCN(c2ccc(N3CCN(OC(=O)NC4[C@@H]5CC6C[C@H]4CC(O)(C6)C5)c4ccccc43)nc2)CC1. The molecule has 1 amide bonds. The summed E-state index contributed by atoms with van der Waals surface area (Å²) in [4.78, 5) is 28.1. The van der Waals surface area contributed by atoms with Gasteiger partial charge in [0, 0.05) is 38.8 Å². The molecular weight excluding hydrogens is 568 g/mol. The molecule has 2 aliphatic heterocycles. The summed E-state index contributed by atoms with van der Waals surface area (Å²) in [6.07, 6.45) is 6.66. The Morgan fingerprint density at radius 1 is 1.00 bits per heavy atom. The number of nitrogens with zero attached hydrogens (tertiary/aromatic N) is 5. The lowest BCUT2D eigenvalue weighted by Gasteiger charge is -2.57. The highest BCUT2D eigenvalue weighted by atomic mass is 32.2. The van der Waals surface area contributed by atoms with Crippen LogP contribution in [0, 0.1) is 17.8 Å². The molecule has 4 aliphatic carbocycles. The molecule has 4 bridgehead atoms. The number of hydrogen-bond donors (Lipinski definition) is 2. The minimum atomic E-state index is -3.18. The molecule has 0 radical (unpaired) electrons. The largest absolute Gasteiger partial charge is 0.431 e. The average Bonchev–Trinajstić information content (AvgIpc) is 2.99. The molecule has 3 unspecified atom stereocenters. The predicted octanol–water partition coefficient (Wildman–Crippen LogP) is 3.48. The van der Waals surface area contributed by atoms with Crippen LogP contribution in [0.1, 0.15) is 45.4 Å². The highest BCUT2D eigenvalue weighted by molar-refractivity contribution is 7.89. The first-order valence-corrected chi connectivity index (χ1v) is 17.4. The zero-order valence-electron chi connectivity index (χ0n) is 24.8. The van der Waals surface area contributed by atoms with E-state index < -0.39 is 21.7 Å². The van der Waals surface area contributed by atoms with Crippen molar-refractivity contribution in [3.8, 4) is 0 Å². The Kier molecular flexibility index (Phi) is 7.41. The number of hydroxylamine groups is 1. The summed E-state index contributed by atoms with van der Waals surface area (Å²) >= 11 is 0. The first-order valence-electron chi connectivity index (χ1n) is 15.8. The highest BCUT2D eigenvalue weighted by Gasteiger charge is 2.55. The maximum absolute atomic E-state index is 13.1. The van der Waals surface area contributed by atoms with Crippen LogP contribution in [0.5, 0.6) is 0 Å². The van der Waals surface area contributed by atoms with Crippen molar-refractivity contribution >= 4 is 39.0 Å². The lowest BCUT2D eigenvalue weighted by Crippen LogP contribution is -2.62. The number of carbonyl (C=O) groups excluding carboxylic acids is 1. The standard InChI is InChI=1S/C31H42N6O5S/c1-2-15-43(40,41)35-11-9-34(10-12-35)25-7-8-28(32-21-25)36-13-14-37(27-6-4-3-5-26(27)36)42-30(38)33-29-23-16-22-17-24(29)20-31(39,18-22)19-23/h3-8,21-24,29,39H,2,9-20H2,1H3,(H,33,38)/t22?,23-,24+,29?,31?. The van der Waals surface area contributed by atoms with Crippen LogP contribution in [0.25, 0.3) is 0 Å². The molecule has 3 heterocycles.